The average Bonchev–Trinajstić information content (AvgIpc) is 2.91. The van der Waals surface area contributed by atoms with Gasteiger partial charge in [0.15, 0.2) is 0 Å². The molecule has 0 saturated heterocycles. The van der Waals surface area contributed by atoms with E-state index in [2.05, 4.69) is 29.6 Å². The lowest BCUT2D eigenvalue weighted by Crippen LogP contribution is -2.29. The Labute approximate surface area is 137 Å². The van der Waals surface area contributed by atoms with Crippen LogP contribution in [0.5, 0.6) is 0 Å². The van der Waals surface area contributed by atoms with Crippen LogP contribution in [0.15, 0.2) is 48.5 Å². The lowest BCUT2D eigenvalue weighted by molar-refractivity contribution is -0.120. The summed E-state index contributed by atoms with van der Waals surface area (Å²) < 4.78 is 0. The van der Waals surface area contributed by atoms with E-state index in [-0.39, 0.29) is 18.3 Å². The molecule has 1 atom stereocenters. The van der Waals surface area contributed by atoms with Gasteiger partial charge in [0.1, 0.15) is 0 Å². The lowest BCUT2D eigenvalue weighted by Gasteiger charge is -2.13. The van der Waals surface area contributed by atoms with Gasteiger partial charge >= 0.3 is 0 Å². The maximum absolute atomic E-state index is 12.0. The molecule has 3 rings (SSSR count). The second-order valence-electron chi connectivity index (χ2n) is 5.66. The first kappa shape index (κ1) is 16.4. The Hall–Kier alpha value is -2.00. The first-order valence-electron chi connectivity index (χ1n) is 7.41. The molecule has 2 aromatic carbocycles. The third-order valence-corrected chi connectivity index (χ3v) is 4.15. The van der Waals surface area contributed by atoms with Crippen LogP contribution in [0.2, 0.25) is 0 Å². The second kappa shape index (κ2) is 7.32. The van der Waals surface area contributed by atoms with Crippen molar-refractivity contribution in [3.63, 3.8) is 0 Å². The van der Waals surface area contributed by atoms with E-state index in [9.17, 15) is 4.79 Å². The normalized spacial score (nSPS) is 15.7. The summed E-state index contributed by atoms with van der Waals surface area (Å²) in [6.45, 7) is 0.727. The number of fused-ring (bicyclic) bond motifs is 1. The molecule has 4 heteroatoms. The SMILES string of the molecule is Cl.Nc1ccc(CC(=O)NCC2CCc3ccccc32)cc1. The standard InChI is InChI=1S/C18H20N2O.ClH/c19-16-9-5-13(6-10-16)11-18(21)20-12-15-8-7-14-3-1-2-4-17(14)15;/h1-6,9-10,15H,7-8,11-12,19H2,(H,20,21);1H. The molecule has 22 heavy (non-hydrogen) atoms. The number of carbonyl (C=O) groups excluding carboxylic acids is 1. The molecule has 0 heterocycles. The van der Waals surface area contributed by atoms with E-state index in [1.807, 2.05) is 24.3 Å². The number of hydrogen-bond acceptors (Lipinski definition) is 2. The molecule has 3 nitrogen and oxygen atoms in total. The highest BCUT2D eigenvalue weighted by Crippen LogP contribution is 2.32. The van der Waals surface area contributed by atoms with Crippen LogP contribution in [0.25, 0.3) is 0 Å². The van der Waals surface area contributed by atoms with Crippen molar-refractivity contribution in [2.75, 3.05) is 12.3 Å². The molecule has 3 N–H and O–H groups in total. The van der Waals surface area contributed by atoms with Crippen LogP contribution in [0, 0.1) is 0 Å². The number of carbonyl (C=O) groups is 1. The Morgan fingerprint density at radius 1 is 1.14 bits per heavy atom. The van der Waals surface area contributed by atoms with Crippen molar-refractivity contribution in [2.45, 2.75) is 25.2 Å². The third kappa shape index (κ3) is 3.80. The van der Waals surface area contributed by atoms with Crippen molar-refractivity contribution in [1.82, 2.24) is 5.32 Å². The topological polar surface area (TPSA) is 55.1 Å². The molecule has 0 aliphatic heterocycles. The lowest BCUT2D eigenvalue weighted by atomic mass is 10.0. The van der Waals surface area contributed by atoms with Crippen molar-refractivity contribution >= 4 is 24.0 Å². The van der Waals surface area contributed by atoms with Crippen LogP contribution < -0.4 is 11.1 Å². The quantitative estimate of drug-likeness (QED) is 0.852. The molecule has 0 bridgehead atoms. The first-order chi connectivity index (χ1) is 10.2. The number of nitrogens with two attached hydrogens (primary N) is 1. The van der Waals surface area contributed by atoms with E-state index < -0.39 is 0 Å². The van der Waals surface area contributed by atoms with Gasteiger partial charge in [-0.05, 0) is 41.7 Å². The molecule has 0 spiro atoms. The van der Waals surface area contributed by atoms with Gasteiger partial charge in [0.2, 0.25) is 5.91 Å². The molecule has 2 aromatic rings. The number of rotatable bonds is 4. The summed E-state index contributed by atoms with van der Waals surface area (Å²) in [6.07, 6.45) is 2.66. The minimum atomic E-state index is 0. The average molecular weight is 317 g/mol. The molecule has 1 amide bonds. The molecule has 0 fully saturated rings. The largest absolute Gasteiger partial charge is 0.399 e. The minimum Gasteiger partial charge on any atom is -0.399 e. The van der Waals surface area contributed by atoms with Crippen molar-refractivity contribution in [1.29, 1.82) is 0 Å². The monoisotopic (exact) mass is 316 g/mol. The van der Waals surface area contributed by atoms with Gasteiger partial charge in [-0.15, -0.1) is 12.4 Å². The molecule has 1 aliphatic carbocycles. The Morgan fingerprint density at radius 2 is 1.86 bits per heavy atom. The van der Waals surface area contributed by atoms with Crippen LogP contribution in [-0.2, 0) is 17.6 Å². The summed E-state index contributed by atoms with van der Waals surface area (Å²) in [5.41, 5.74) is 10.2. The van der Waals surface area contributed by atoms with E-state index in [1.165, 1.54) is 11.1 Å². The maximum Gasteiger partial charge on any atom is 0.224 e. The number of amides is 1. The molecular weight excluding hydrogens is 296 g/mol. The zero-order valence-corrected chi connectivity index (χ0v) is 13.2. The van der Waals surface area contributed by atoms with E-state index in [1.54, 1.807) is 0 Å². The number of benzene rings is 2. The summed E-state index contributed by atoms with van der Waals surface area (Å²) in [7, 11) is 0. The van der Waals surface area contributed by atoms with Gasteiger partial charge in [0, 0.05) is 18.2 Å². The maximum atomic E-state index is 12.0. The first-order valence-corrected chi connectivity index (χ1v) is 7.41. The Balaban J connectivity index is 0.00000176. The fourth-order valence-corrected chi connectivity index (χ4v) is 2.98. The fraction of sp³-hybridized carbons (Fsp3) is 0.278. The van der Waals surface area contributed by atoms with Crippen LogP contribution in [0.3, 0.4) is 0 Å². The number of anilines is 1. The molecule has 116 valence electrons. The van der Waals surface area contributed by atoms with Gasteiger partial charge < -0.3 is 11.1 Å². The molecular formula is C18H21ClN2O. The second-order valence-corrected chi connectivity index (χ2v) is 5.66. The number of hydrogen-bond donors (Lipinski definition) is 2. The molecule has 1 unspecified atom stereocenters. The minimum absolute atomic E-state index is 0. The smallest absolute Gasteiger partial charge is 0.224 e. The van der Waals surface area contributed by atoms with Crippen molar-refractivity contribution in [2.24, 2.45) is 0 Å². The zero-order chi connectivity index (χ0) is 14.7. The number of aryl methyl sites for hydroxylation is 1. The van der Waals surface area contributed by atoms with E-state index in [4.69, 9.17) is 5.73 Å². The summed E-state index contributed by atoms with van der Waals surface area (Å²) in [6, 6.07) is 16.0. The van der Waals surface area contributed by atoms with Gasteiger partial charge in [0.25, 0.3) is 0 Å². The summed E-state index contributed by atoms with van der Waals surface area (Å²) in [5, 5.41) is 3.06. The molecule has 0 saturated carbocycles. The van der Waals surface area contributed by atoms with Crippen LogP contribution >= 0.6 is 12.4 Å². The predicted octanol–water partition coefficient (Wildman–Crippen LogP) is 3.08. The fourth-order valence-electron chi connectivity index (χ4n) is 2.98. The van der Waals surface area contributed by atoms with Gasteiger partial charge in [-0.3, -0.25) is 4.79 Å². The van der Waals surface area contributed by atoms with Crippen molar-refractivity contribution < 1.29 is 4.79 Å². The van der Waals surface area contributed by atoms with E-state index in [0.29, 0.717) is 12.3 Å². The van der Waals surface area contributed by atoms with Gasteiger partial charge in [0.05, 0.1) is 6.42 Å². The zero-order valence-electron chi connectivity index (χ0n) is 12.4. The molecule has 0 aromatic heterocycles. The summed E-state index contributed by atoms with van der Waals surface area (Å²) in [4.78, 5) is 12.0. The van der Waals surface area contributed by atoms with Gasteiger partial charge in [-0.25, -0.2) is 0 Å². The Bertz CT molecular complexity index is 640. The number of halogens is 1. The van der Waals surface area contributed by atoms with Crippen molar-refractivity contribution in [3.05, 3.63) is 65.2 Å². The van der Waals surface area contributed by atoms with E-state index >= 15 is 0 Å². The van der Waals surface area contributed by atoms with Crippen LogP contribution in [0.4, 0.5) is 5.69 Å². The van der Waals surface area contributed by atoms with Crippen LogP contribution in [-0.4, -0.2) is 12.5 Å². The highest BCUT2D eigenvalue weighted by Gasteiger charge is 2.22. The number of nitrogens with one attached hydrogen (secondary N) is 1. The van der Waals surface area contributed by atoms with Crippen LogP contribution in [0.1, 0.15) is 29.0 Å². The number of nitrogen functional groups attached to an aromatic ring is 1. The Kier molecular flexibility index (Phi) is 5.45. The third-order valence-electron chi connectivity index (χ3n) is 4.15. The van der Waals surface area contributed by atoms with E-state index in [0.717, 1.165) is 30.6 Å². The van der Waals surface area contributed by atoms with Crippen molar-refractivity contribution in [3.8, 4) is 0 Å². The summed E-state index contributed by atoms with van der Waals surface area (Å²) >= 11 is 0. The molecule has 0 radical (unpaired) electrons. The highest BCUT2D eigenvalue weighted by molar-refractivity contribution is 5.85. The van der Waals surface area contributed by atoms with Gasteiger partial charge in [-0.2, -0.15) is 0 Å². The Morgan fingerprint density at radius 3 is 2.64 bits per heavy atom. The predicted molar refractivity (Wildman–Crippen MR) is 92.3 cm³/mol. The highest BCUT2D eigenvalue weighted by atomic mass is 35.5. The summed E-state index contributed by atoms with van der Waals surface area (Å²) in [5.74, 6) is 0.528. The van der Waals surface area contributed by atoms with Gasteiger partial charge in [-0.1, -0.05) is 36.4 Å². The molecule has 1 aliphatic rings.